The lowest BCUT2D eigenvalue weighted by Crippen LogP contribution is -2.37. The number of H-pyrrole nitrogens is 1. The maximum Gasteiger partial charge on any atom is 0.216 e. The van der Waals surface area contributed by atoms with Crippen molar-refractivity contribution in [2.24, 2.45) is 11.3 Å². The second-order valence-electron chi connectivity index (χ2n) is 7.70. The molecule has 2 N–H and O–H groups in total. The topological polar surface area (TPSA) is 53.8 Å². The van der Waals surface area contributed by atoms with E-state index < -0.39 is 17.7 Å². The average Bonchev–Trinajstić information content (AvgIpc) is 2.92. The van der Waals surface area contributed by atoms with Gasteiger partial charge in [-0.05, 0) is 48.0 Å². The summed E-state index contributed by atoms with van der Waals surface area (Å²) in [6.07, 6.45) is 1.85. The van der Waals surface area contributed by atoms with E-state index in [1.54, 1.807) is 4.68 Å². The van der Waals surface area contributed by atoms with E-state index in [4.69, 9.17) is 12.2 Å². The highest BCUT2D eigenvalue weighted by Crippen LogP contribution is 2.33. The zero-order valence-corrected chi connectivity index (χ0v) is 15.8. The minimum Gasteiger partial charge on any atom is -0.390 e. The highest BCUT2D eigenvalue weighted by Gasteiger charge is 2.33. The maximum absolute atomic E-state index is 13.9. The van der Waals surface area contributed by atoms with Gasteiger partial charge in [-0.25, -0.2) is 13.8 Å². The van der Waals surface area contributed by atoms with Crippen molar-refractivity contribution in [1.29, 1.82) is 0 Å². The fraction of sp³-hybridized carbons (Fsp3) is 0.556. The molecule has 4 nitrogen and oxygen atoms in total. The lowest BCUT2D eigenvalue weighted by Gasteiger charge is -2.34. The van der Waals surface area contributed by atoms with Gasteiger partial charge >= 0.3 is 0 Å². The first-order valence-corrected chi connectivity index (χ1v) is 8.74. The van der Waals surface area contributed by atoms with E-state index >= 15 is 0 Å². The van der Waals surface area contributed by atoms with Crippen LogP contribution in [-0.2, 0) is 6.42 Å². The van der Waals surface area contributed by atoms with Crippen molar-refractivity contribution in [3.05, 3.63) is 46.5 Å². The lowest BCUT2D eigenvalue weighted by atomic mass is 9.81. The van der Waals surface area contributed by atoms with Crippen LogP contribution in [0.15, 0.2) is 24.5 Å². The number of nitrogens with one attached hydrogen (secondary N) is 1. The zero-order chi connectivity index (χ0) is 18.8. The van der Waals surface area contributed by atoms with Crippen molar-refractivity contribution in [2.75, 3.05) is 0 Å². The Bertz CT molecular complexity index is 766. The first-order chi connectivity index (χ1) is 11.6. The van der Waals surface area contributed by atoms with Gasteiger partial charge in [0.2, 0.25) is 4.77 Å². The van der Waals surface area contributed by atoms with Gasteiger partial charge in [0, 0.05) is 6.07 Å². The van der Waals surface area contributed by atoms with Crippen LogP contribution in [0.4, 0.5) is 8.78 Å². The van der Waals surface area contributed by atoms with Gasteiger partial charge in [-0.3, -0.25) is 9.78 Å². The van der Waals surface area contributed by atoms with Crippen LogP contribution in [0.2, 0.25) is 0 Å². The van der Waals surface area contributed by atoms with E-state index in [0.29, 0.717) is 23.2 Å². The number of benzene rings is 1. The Morgan fingerprint density at radius 3 is 2.52 bits per heavy atom. The predicted octanol–water partition coefficient (Wildman–Crippen LogP) is 4.44. The monoisotopic (exact) mass is 369 g/mol. The van der Waals surface area contributed by atoms with Gasteiger partial charge in [-0.1, -0.05) is 33.8 Å². The molecule has 0 fully saturated rings. The van der Waals surface area contributed by atoms with Gasteiger partial charge in [-0.15, -0.1) is 0 Å². The van der Waals surface area contributed by atoms with E-state index in [1.807, 2.05) is 27.7 Å². The molecule has 2 rings (SSSR count). The van der Waals surface area contributed by atoms with E-state index in [0.717, 1.165) is 6.07 Å². The summed E-state index contributed by atoms with van der Waals surface area (Å²) < 4.78 is 29.0. The molecule has 1 aromatic carbocycles. The Kier molecular flexibility index (Phi) is 6.11. The van der Waals surface area contributed by atoms with Gasteiger partial charge in [0.1, 0.15) is 18.0 Å². The summed E-state index contributed by atoms with van der Waals surface area (Å²) in [5.74, 6) is -1.08. The van der Waals surface area contributed by atoms with Gasteiger partial charge in [0.05, 0.1) is 12.1 Å². The quantitative estimate of drug-likeness (QED) is 0.741. The molecule has 0 aliphatic heterocycles. The summed E-state index contributed by atoms with van der Waals surface area (Å²) in [7, 11) is 0. The standard InChI is InChI=1S/C18H25F2N3OS/c1-11(7-12-5-6-13(19)9-14(12)20)8-15(16(24)18(2,3)4)23-17(25)21-10-22-23/h5-6,9-11,15-16,24H,7-8H2,1-4H3,(H,21,22,25)/t11-,15-,16+/m0/s1. The van der Waals surface area contributed by atoms with Crippen LogP contribution >= 0.6 is 12.2 Å². The highest BCUT2D eigenvalue weighted by atomic mass is 32.1. The van der Waals surface area contributed by atoms with E-state index in [9.17, 15) is 13.9 Å². The maximum atomic E-state index is 13.9. The summed E-state index contributed by atoms with van der Waals surface area (Å²) in [4.78, 5) is 4.03. The van der Waals surface area contributed by atoms with E-state index in [1.165, 1.54) is 18.5 Å². The Labute approximate surface area is 151 Å². The molecule has 1 aromatic heterocycles. The minimum absolute atomic E-state index is 0.0483. The Hall–Kier alpha value is -1.60. The second kappa shape index (κ2) is 7.74. The molecular formula is C18H25F2N3OS. The molecule has 0 saturated heterocycles. The summed E-state index contributed by atoms with van der Waals surface area (Å²) in [5, 5.41) is 13.8. The molecular weight excluding hydrogens is 344 g/mol. The number of aromatic amines is 1. The van der Waals surface area contributed by atoms with Gasteiger partial charge < -0.3 is 5.11 Å². The SMILES string of the molecule is C[C@@H](Cc1ccc(F)cc1F)C[C@@H]([C@@H](O)C(C)(C)C)n1[nH]cnc1=S. The van der Waals surface area contributed by atoms with Crippen LogP contribution in [0.1, 0.15) is 45.7 Å². The van der Waals surface area contributed by atoms with E-state index in [2.05, 4.69) is 10.1 Å². The molecule has 7 heteroatoms. The normalized spacial score (nSPS) is 15.8. The van der Waals surface area contributed by atoms with Crippen LogP contribution in [0.25, 0.3) is 0 Å². The van der Waals surface area contributed by atoms with Crippen molar-refractivity contribution in [3.63, 3.8) is 0 Å². The number of hydrogen-bond donors (Lipinski definition) is 2. The predicted molar refractivity (Wildman–Crippen MR) is 95.8 cm³/mol. The smallest absolute Gasteiger partial charge is 0.216 e. The summed E-state index contributed by atoms with van der Waals surface area (Å²) in [6.45, 7) is 7.84. The molecule has 25 heavy (non-hydrogen) atoms. The van der Waals surface area contributed by atoms with Crippen molar-refractivity contribution < 1.29 is 13.9 Å². The Morgan fingerprint density at radius 1 is 1.32 bits per heavy atom. The highest BCUT2D eigenvalue weighted by molar-refractivity contribution is 7.71. The molecule has 0 unspecified atom stereocenters. The third kappa shape index (κ3) is 4.95. The molecule has 0 aliphatic rings. The summed E-state index contributed by atoms with van der Waals surface area (Å²) in [6, 6.07) is 3.32. The Morgan fingerprint density at radius 2 is 2.00 bits per heavy atom. The van der Waals surface area contributed by atoms with Crippen LogP contribution in [0.3, 0.4) is 0 Å². The fourth-order valence-corrected chi connectivity index (χ4v) is 3.25. The zero-order valence-electron chi connectivity index (χ0n) is 15.0. The number of hydrogen-bond acceptors (Lipinski definition) is 3. The number of nitrogens with zero attached hydrogens (tertiary/aromatic N) is 2. The minimum atomic E-state index is -0.667. The van der Waals surface area contributed by atoms with Crippen molar-refractivity contribution in [3.8, 4) is 0 Å². The van der Waals surface area contributed by atoms with E-state index in [-0.39, 0.29) is 17.4 Å². The Balaban J connectivity index is 2.21. The van der Waals surface area contributed by atoms with Gasteiger partial charge in [0.25, 0.3) is 0 Å². The number of rotatable bonds is 6. The molecule has 0 spiro atoms. The van der Waals surface area contributed by atoms with Crippen molar-refractivity contribution in [2.45, 2.75) is 52.7 Å². The first-order valence-electron chi connectivity index (χ1n) is 8.33. The van der Waals surface area contributed by atoms with Crippen molar-refractivity contribution >= 4 is 12.2 Å². The third-order valence-electron chi connectivity index (χ3n) is 4.39. The molecule has 138 valence electrons. The number of halogens is 2. The number of aliphatic hydroxyl groups is 1. The molecule has 0 amide bonds. The largest absolute Gasteiger partial charge is 0.390 e. The van der Waals surface area contributed by atoms with Crippen LogP contribution < -0.4 is 0 Å². The number of aromatic nitrogens is 3. The van der Waals surface area contributed by atoms with Gasteiger partial charge in [-0.2, -0.15) is 0 Å². The molecule has 3 atom stereocenters. The lowest BCUT2D eigenvalue weighted by molar-refractivity contribution is 0.00386. The molecule has 2 aromatic rings. The first kappa shape index (κ1) is 19.7. The summed E-state index contributed by atoms with van der Waals surface area (Å²) >= 11 is 5.23. The molecule has 0 aliphatic carbocycles. The van der Waals surface area contributed by atoms with Crippen molar-refractivity contribution in [1.82, 2.24) is 14.8 Å². The van der Waals surface area contributed by atoms with Gasteiger partial charge in [0.15, 0.2) is 0 Å². The fourth-order valence-electron chi connectivity index (χ4n) is 3.01. The number of aliphatic hydroxyl groups excluding tert-OH is 1. The summed E-state index contributed by atoms with van der Waals surface area (Å²) in [5.41, 5.74) is 0.108. The van der Waals surface area contributed by atoms with Crippen LogP contribution in [-0.4, -0.2) is 26.0 Å². The second-order valence-corrected chi connectivity index (χ2v) is 8.06. The van der Waals surface area contributed by atoms with Crippen LogP contribution in [0.5, 0.6) is 0 Å². The average molecular weight is 369 g/mol. The van der Waals surface area contributed by atoms with Crippen LogP contribution in [0, 0.1) is 27.7 Å². The molecule has 0 radical (unpaired) electrons. The third-order valence-corrected chi connectivity index (χ3v) is 4.69. The molecule has 0 saturated carbocycles. The molecule has 0 bridgehead atoms. The molecule has 1 heterocycles.